The highest BCUT2D eigenvalue weighted by molar-refractivity contribution is 6.30. The molecule has 7 nitrogen and oxygen atoms in total. The Morgan fingerprint density at radius 1 is 1.31 bits per heavy atom. The molecule has 0 bridgehead atoms. The lowest BCUT2D eigenvalue weighted by Gasteiger charge is -2.24. The summed E-state index contributed by atoms with van der Waals surface area (Å²) in [5.41, 5.74) is -0.473. The summed E-state index contributed by atoms with van der Waals surface area (Å²) in [6.45, 7) is 8.30. The van der Waals surface area contributed by atoms with Crippen molar-refractivity contribution in [2.45, 2.75) is 39.3 Å². The lowest BCUT2D eigenvalue weighted by atomic mass is 9.92. The van der Waals surface area contributed by atoms with Crippen molar-refractivity contribution in [1.82, 2.24) is 15.5 Å². The maximum Gasteiger partial charge on any atom is 0.329 e. The fourth-order valence-electron chi connectivity index (χ4n) is 2.94. The van der Waals surface area contributed by atoms with Crippen LogP contribution in [0, 0.1) is 0 Å². The van der Waals surface area contributed by atoms with E-state index in [0.29, 0.717) is 17.1 Å². The molecule has 1 unspecified atom stereocenters. The summed E-state index contributed by atoms with van der Waals surface area (Å²) >= 11 is 5.91. The molecule has 1 heterocycles. The first-order valence-corrected chi connectivity index (χ1v) is 9.08. The number of halogens is 1. The number of imide groups is 1. The van der Waals surface area contributed by atoms with Gasteiger partial charge in [0.15, 0.2) is 13.2 Å². The quantitative estimate of drug-likeness (QED) is 0.601. The first-order chi connectivity index (χ1) is 12.2. The van der Waals surface area contributed by atoms with E-state index < -0.39 is 11.6 Å². The molecule has 0 saturated carbocycles. The molecule has 1 aliphatic rings. The zero-order chi connectivity index (χ0) is 19.5. The molecule has 1 fully saturated rings. The smallest absolute Gasteiger partial charge is 0.329 e. The number of quaternary nitrogens is 1. The van der Waals surface area contributed by atoms with Crippen molar-refractivity contribution in [2.24, 2.45) is 0 Å². The van der Waals surface area contributed by atoms with Crippen molar-refractivity contribution >= 4 is 29.4 Å². The molecule has 1 aromatic rings. The number of amides is 4. The van der Waals surface area contributed by atoms with Crippen LogP contribution in [0.25, 0.3) is 0 Å². The summed E-state index contributed by atoms with van der Waals surface area (Å²) in [6, 6.07) is 6.41. The van der Waals surface area contributed by atoms with Gasteiger partial charge in [-0.05, 0) is 45.4 Å². The number of rotatable bonds is 7. The van der Waals surface area contributed by atoms with Gasteiger partial charge in [-0.1, -0.05) is 23.7 Å². The number of urea groups is 1. The van der Waals surface area contributed by atoms with E-state index in [1.165, 1.54) is 4.90 Å². The highest BCUT2D eigenvalue weighted by Gasteiger charge is 2.50. The normalized spacial score (nSPS) is 21.1. The largest absolute Gasteiger partial charge is 0.349 e. The minimum atomic E-state index is -1.14. The van der Waals surface area contributed by atoms with Gasteiger partial charge < -0.3 is 15.5 Å². The average molecular weight is 382 g/mol. The van der Waals surface area contributed by atoms with Crippen LogP contribution in [-0.4, -0.2) is 48.5 Å². The van der Waals surface area contributed by atoms with Crippen molar-refractivity contribution in [3.63, 3.8) is 0 Å². The predicted molar refractivity (Wildman–Crippen MR) is 98.7 cm³/mol. The molecule has 2 rings (SSSR count). The van der Waals surface area contributed by atoms with E-state index in [-0.39, 0.29) is 31.1 Å². The van der Waals surface area contributed by atoms with Gasteiger partial charge in [0.25, 0.3) is 11.8 Å². The maximum atomic E-state index is 12.9. The molecule has 3 N–H and O–H groups in total. The van der Waals surface area contributed by atoms with Crippen LogP contribution in [0.15, 0.2) is 24.3 Å². The molecule has 1 aliphatic heterocycles. The van der Waals surface area contributed by atoms with Gasteiger partial charge in [-0.3, -0.25) is 9.59 Å². The predicted octanol–water partition coefficient (Wildman–Crippen LogP) is 0.494. The van der Waals surface area contributed by atoms with Gasteiger partial charge in [0.05, 0.1) is 6.54 Å². The SMILES string of the molecule is CC[NH+](CC(=O)NC(C)C)CN1C(=O)N[C@@](C)(c2ccc(Cl)cc2)C1=O. The number of carbonyl (C=O) groups is 3. The Kier molecular flexibility index (Phi) is 6.26. The second-order valence-electron chi connectivity index (χ2n) is 6.96. The molecular weight excluding hydrogens is 356 g/mol. The fraction of sp³-hybridized carbons (Fsp3) is 0.500. The van der Waals surface area contributed by atoms with Crippen LogP contribution < -0.4 is 15.5 Å². The van der Waals surface area contributed by atoms with Crippen molar-refractivity contribution in [2.75, 3.05) is 19.8 Å². The number of carbonyl (C=O) groups excluding carboxylic acids is 3. The maximum absolute atomic E-state index is 12.9. The lowest BCUT2D eigenvalue weighted by molar-refractivity contribution is -0.897. The Balaban J connectivity index is 2.12. The summed E-state index contributed by atoms with van der Waals surface area (Å²) in [7, 11) is 0. The number of nitrogens with one attached hydrogen (secondary N) is 3. The number of nitrogens with zero attached hydrogens (tertiary/aromatic N) is 1. The van der Waals surface area contributed by atoms with Crippen molar-refractivity contribution in [3.05, 3.63) is 34.9 Å². The van der Waals surface area contributed by atoms with Crippen molar-refractivity contribution < 1.29 is 19.3 Å². The number of benzene rings is 1. The van der Waals surface area contributed by atoms with Crippen molar-refractivity contribution in [1.29, 1.82) is 0 Å². The van der Waals surface area contributed by atoms with Gasteiger partial charge >= 0.3 is 6.03 Å². The van der Waals surface area contributed by atoms with Gasteiger partial charge in [-0.2, -0.15) is 0 Å². The molecule has 1 aromatic carbocycles. The number of hydrogen-bond acceptors (Lipinski definition) is 3. The summed E-state index contributed by atoms with van der Waals surface area (Å²) < 4.78 is 0. The van der Waals surface area contributed by atoms with Crippen LogP contribution in [0.5, 0.6) is 0 Å². The molecule has 1 saturated heterocycles. The second-order valence-corrected chi connectivity index (χ2v) is 7.39. The Hall–Kier alpha value is -2.12. The molecule has 0 aromatic heterocycles. The van der Waals surface area contributed by atoms with E-state index in [4.69, 9.17) is 11.6 Å². The van der Waals surface area contributed by atoms with Gasteiger partial charge in [0, 0.05) is 11.1 Å². The van der Waals surface area contributed by atoms with Crippen LogP contribution in [-0.2, 0) is 15.1 Å². The van der Waals surface area contributed by atoms with Crippen LogP contribution in [0.4, 0.5) is 4.79 Å². The van der Waals surface area contributed by atoms with Gasteiger partial charge in [-0.25, -0.2) is 9.69 Å². The fourth-order valence-corrected chi connectivity index (χ4v) is 3.06. The van der Waals surface area contributed by atoms with Crippen LogP contribution >= 0.6 is 11.6 Å². The van der Waals surface area contributed by atoms with Gasteiger partial charge in [0.1, 0.15) is 5.54 Å². The lowest BCUT2D eigenvalue weighted by Crippen LogP contribution is -3.14. The molecule has 8 heteroatoms. The summed E-state index contributed by atoms with van der Waals surface area (Å²) in [6.07, 6.45) is 0. The minimum Gasteiger partial charge on any atom is -0.349 e. The molecule has 0 aliphatic carbocycles. The van der Waals surface area contributed by atoms with Gasteiger partial charge in [0.2, 0.25) is 0 Å². The third-order valence-electron chi connectivity index (χ3n) is 4.44. The molecule has 4 amide bonds. The topological polar surface area (TPSA) is 82.9 Å². The highest BCUT2D eigenvalue weighted by Crippen LogP contribution is 2.29. The first kappa shape index (κ1) is 20.2. The summed E-state index contributed by atoms with van der Waals surface area (Å²) in [5.74, 6) is -0.440. The van der Waals surface area contributed by atoms with E-state index in [0.717, 1.165) is 4.90 Å². The molecule has 2 atom stereocenters. The Morgan fingerprint density at radius 3 is 2.46 bits per heavy atom. The number of hydrogen-bond donors (Lipinski definition) is 3. The van der Waals surface area contributed by atoms with E-state index in [1.54, 1.807) is 31.2 Å². The Morgan fingerprint density at radius 2 is 1.92 bits per heavy atom. The Bertz CT molecular complexity index is 692. The first-order valence-electron chi connectivity index (χ1n) is 8.70. The average Bonchev–Trinajstić information content (AvgIpc) is 2.78. The van der Waals surface area contributed by atoms with E-state index in [2.05, 4.69) is 10.6 Å². The summed E-state index contributed by atoms with van der Waals surface area (Å²) in [4.78, 5) is 39.3. The molecule has 142 valence electrons. The third kappa shape index (κ3) is 4.34. The van der Waals surface area contributed by atoms with Gasteiger partial charge in [-0.15, -0.1) is 0 Å². The molecule has 0 radical (unpaired) electrons. The zero-order valence-electron chi connectivity index (χ0n) is 15.6. The van der Waals surface area contributed by atoms with E-state index in [9.17, 15) is 14.4 Å². The van der Waals surface area contributed by atoms with Crippen LogP contribution in [0.3, 0.4) is 0 Å². The standard InChI is InChI=1S/C18H25ClN4O3/c1-5-22(10-15(24)20-12(2)3)11-23-16(25)18(4,21-17(23)26)13-6-8-14(19)9-7-13/h6-9,12H,5,10-11H2,1-4H3,(H,20,24)(H,21,26)/p+1/t18-/m0/s1. The molecular formula is C18H26ClN4O3+. The highest BCUT2D eigenvalue weighted by atomic mass is 35.5. The molecule has 0 spiro atoms. The van der Waals surface area contributed by atoms with E-state index in [1.807, 2.05) is 20.8 Å². The Labute approximate surface area is 158 Å². The van der Waals surface area contributed by atoms with Crippen LogP contribution in [0.2, 0.25) is 5.02 Å². The monoisotopic (exact) mass is 381 g/mol. The molecule has 26 heavy (non-hydrogen) atoms. The summed E-state index contributed by atoms with van der Waals surface area (Å²) in [5, 5.41) is 6.15. The zero-order valence-corrected chi connectivity index (χ0v) is 16.3. The minimum absolute atomic E-state index is 0.0468. The second kappa shape index (κ2) is 8.05. The van der Waals surface area contributed by atoms with Crippen molar-refractivity contribution in [3.8, 4) is 0 Å². The van der Waals surface area contributed by atoms with Crippen LogP contribution in [0.1, 0.15) is 33.3 Å². The van der Waals surface area contributed by atoms with E-state index >= 15 is 0 Å². The number of likely N-dealkylation sites (N-methyl/N-ethyl adjacent to an activating group) is 1. The third-order valence-corrected chi connectivity index (χ3v) is 4.69.